The number of amides is 1. The van der Waals surface area contributed by atoms with Gasteiger partial charge in [0.1, 0.15) is 11.8 Å². The van der Waals surface area contributed by atoms with Crippen LogP contribution in [0.15, 0.2) is 24.3 Å². The van der Waals surface area contributed by atoms with E-state index in [0.717, 1.165) is 0 Å². The summed E-state index contributed by atoms with van der Waals surface area (Å²) in [7, 11) is 0. The summed E-state index contributed by atoms with van der Waals surface area (Å²) in [5.41, 5.74) is 0.245. The van der Waals surface area contributed by atoms with Crippen molar-refractivity contribution >= 4 is 11.6 Å². The number of benzene rings is 1. The summed E-state index contributed by atoms with van der Waals surface area (Å²) < 4.78 is 28.7. The molecule has 0 radical (unpaired) electrons. The SMILES string of the molecule is N#CCOc1ccc(NC(=O)C(F)F)cc1. The molecule has 0 saturated carbocycles. The van der Waals surface area contributed by atoms with Gasteiger partial charge in [0.25, 0.3) is 5.91 Å². The van der Waals surface area contributed by atoms with Crippen molar-refractivity contribution in [3.05, 3.63) is 24.3 Å². The van der Waals surface area contributed by atoms with Crippen LogP contribution in [0.5, 0.6) is 5.75 Å². The summed E-state index contributed by atoms with van der Waals surface area (Å²) in [6, 6.07) is 7.55. The Balaban J connectivity index is 2.58. The molecule has 0 spiro atoms. The van der Waals surface area contributed by atoms with Crippen LogP contribution < -0.4 is 10.1 Å². The molecule has 1 rings (SSSR count). The third-order valence-electron chi connectivity index (χ3n) is 1.62. The summed E-state index contributed by atoms with van der Waals surface area (Å²) in [6.45, 7) is -0.0945. The molecular weight excluding hydrogens is 218 g/mol. The second-order valence-electron chi connectivity index (χ2n) is 2.76. The Kier molecular flexibility index (Phi) is 4.21. The van der Waals surface area contributed by atoms with E-state index in [0.29, 0.717) is 5.75 Å². The zero-order valence-corrected chi connectivity index (χ0v) is 8.11. The number of carbonyl (C=O) groups excluding carboxylic acids is 1. The lowest BCUT2D eigenvalue weighted by atomic mass is 10.3. The fraction of sp³-hybridized carbons (Fsp3) is 0.200. The predicted octanol–water partition coefficient (Wildman–Crippen LogP) is 1.79. The molecule has 1 N–H and O–H groups in total. The maximum atomic E-state index is 11.9. The van der Waals surface area contributed by atoms with Crippen molar-refractivity contribution in [3.63, 3.8) is 0 Å². The molecule has 1 aromatic carbocycles. The van der Waals surface area contributed by atoms with Gasteiger partial charge < -0.3 is 10.1 Å². The smallest absolute Gasteiger partial charge is 0.315 e. The van der Waals surface area contributed by atoms with Crippen molar-refractivity contribution in [2.24, 2.45) is 0 Å². The maximum absolute atomic E-state index is 11.9. The van der Waals surface area contributed by atoms with Gasteiger partial charge in [-0.2, -0.15) is 14.0 Å². The first-order valence-corrected chi connectivity index (χ1v) is 4.32. The highest BCUT2D eigenvalue weighted by molar-refractivity contribution is 5.93. The van der Waals surface area contributed by atoms with Gasteiger partial charge in [0.15, 0.2) is 6.61 Å². The monoisotopic (exact) mass is 226 g/mol. The van der Waals surface area contributed by atoms with Crippen LogP contribution in [-0.2, 0) is 4.79 Å². The molecule has 0 bridgehead atoms. The van der Waals surface area contributed by atoms with Gasteiger partial charge in [-0.3, -0.25) is 4.79 Å². The van der Waals surface area contributed by atoms with Gasteiger partial charge in [-0.15, -0.1) is 0 Å². The lowest BCUT2D eigenvalue weighted by molar-refractivity contribution is -0.126. The quantitative estimate of drug-likeness (QED) is 0.851. The second kappa shape index (κ2) is 5.66. The molecule has 4 nitrogen and oxygen atoms in total. The zero-order valence-electron chi connectivity index (χ0n) is 8.11. The molecule has 1 aromatic rings. The molecule has 0 heterocycles. The number of alkyl halides is 2. The lowest BCUT2D eigenvalue weighted by Crippen LogP contribution is -2.19. The molecule has 0 unspecified atom stereocenters. The number of anilines is 1. The highest BCUT2D eigenvalue weighted by Crippen LogP contribution is 2.15. The van der Waals surface area contributed by atoms with Crippen molar-refractivity contribution in [2.45, 2.75) is 6.43 Å². The Labute approximate surface area is 90.4 Å². The van der Waals surface area contributed by atoms with Crippen LogP contribution in [0.3, 0.4) is 0 Å². The molecular formula is C10H8F2N2O2. The molecule has 0 aliphatic rings. The fourth-order valence-corrected chi connectivity index (χ4v) is 0.947. The minimum atomic E-state index is -3.05. The molecule has 1 amide bonds. The number of halogens is 2. The molecule has 16 heavy (non-hydrogen) atoms. The van der Waals surface area contributed by atoms with Crippen molar-refractivity contribution in [2.75, 3.05) is 11.9 Å². The van der Waals surface area contributed by atoms with E-state index in [2.05, 4.69) is 0 Å². The third-order valence-corrected chi connectivity index (χ3v) is 1.62. The van der Waals surface area contributed by atoms with E-state index in [1.807, 2.05) is 5.32 Å². The van der Waals surface area contributed by atoms with E-state index in [9.17, 15) is 13.6 Å². The third kappa shape index (κ3) is 3.53. The van der Waals surface area contributed by atoms with Gasteiger partial charge in [-0.1, -0.05) is 0 Å². The number of hydrogen-bond donors (Lipinski definition) is 1. The van der Waals surface area contributed by atoms with Crippen LogP contribution >= 0.6 is 0 Å². The van der Waals surface area contributed by atoms with Gasteiger partial charge in [-0.25, -0.2) is 0 Å². The number of rotatable bonds is 4. The normalized spacial score (nSPS) is 9.62. The minimum Gasteiger partial charge on any atom is -0.479 e. The first kappa shape index (κ1) is 11.9. The topological polar surface area (TPSA) is 62.1 Å². The average Bonchev–Trinajstić information content (AvgIpc) is 2.28. The summed E-state index contributed by atoms with van der Waals surface area (Å²) in [4.78, 5) is 10.6. The molecule has 84 valence electrons. The second-order valence-corrected chi connectivity index (χ2v) is 2.76. The number of nitrogens with one attached hydrogen (secondary N) is 1. The van der Waals surface area contributed by atoms with Gasteiger partial charge in [0.2, 0.25) is 0 Å². The predicted molar refractivity (Wildman–Crippen MR) is 52.2 cm³/mol. The summed E-state index contributed by atoms with van der Waals surface area (Å²) in [6.07, 6.45) is -3.05. The fourth-order valence-electron chi connectivity index (χ4n) is 0.947. The van der Waals surface area contributed by atoms with E-state index in [4.69, 9.17) is 10.00 Å². The number of hydrogen-bond acceptors (Lipinski definition) is 3. The Morgan fingerprint density at radius 2 is 2.06 bits per heavy atom. The van der Waals surface area contributed by atoms with E-state index in [1.165, 1.54) is 24.3 Å². The molecule has 0 aliphatic heterocycles. The largest absolute Gasteiger partial charge is 0.479 e. The highest BCUT2D eigenvalue weighted by Gasteiger charge is 2.14. The van der Waals surface area contributed by atoms with E-state index in [1.54, 1.807) is 6.07 Å². The van der Waals surface area contributed by atoms with E-state index >= 15 is 0 Å². The van der Waals surface area contributed by atoms with Gasteiger partial charge in [0, 0.05) is 5.69 Å². The molecule has 6 heteroatoms. The van der Waals surface area contributed by atoms with Gasteiger partial charge >= 0.3 is 6.43 Å². The van der Waals surface area contributed by atoms with Gasteiger partial charge in [0.05, 0.1) is 0 Å². The lowest BCUT2D eigenvalue weighted by Gasteiger charge is -2.05. The summed E-state index contributed by atoms with van der Waals surface area (Å²) in [5.74, 6) is -0.928. The van der Waals surface area contributed by atoms with Crippen LogP contribution in [0.2, 0.25) is 0 Å². The summed E-state index contributed by atoms with van der Waals surface area (Å²) in [5, 5.41) is 10.3. The Hall–Kier alpha value is -2.16. The van der Waals surface area contributed by atoms with Crippen LogP contribution in [0.1, 0.15) is 0 Å². The number of nitriles is 1. The number of ether oxygens (including phenoxy) is 1. The van der Waals surface area contributed by atoms with Crippen molar-refractivity contribution in [3.8, 4) is 11.8 Å². The minimum absolute atomic E-state index is 0.0945. The van der Waals surface area contributed by atoms with Gasteiger partial charge in [-0.05, 0) is 24.3 Å². The molecule has 0 atom stereocenters. The highest BCUT2D eigenvalue weighted by atomic mass is 19.3. The van der Waals surface area contributed by atoms with Crippen LogP contribution in [-0.4, -0.2) is 18.9 Å². The Morgan fingerprint density at radius 3 is 2.56 bits per heavy atom. The zero-order chi connectivity index (χ0) is 12.0. The van der Waals surface area contributed by atoms with Crippen LogP contribution in [0, 0.1) is 11.3 Å². The Bertz CT molecular complexity index is 398. The number of nitrogens with zero attached hydrogens (tertiary/aromatic N) is 1. The Morgan fingerprint density at radius 1 is 1.44 bits per heavy atom. The molecule has 0 aromatic heterocycles. The average molecular weight is 226 g/mol. The standard InChI is InChI=1S/C10H8F2N2O2/c11-9(12)10(15)14-7-1-3-8(4-2-7)16-6-5-13/h1-4,9H,6H2,(H,14,15). The van der Waals surface area contributed by atoms with Crippen LogP contribution in [0.25, 0.3) is 0 Å². The van der Waals surface area contributed by atoms with Crippen LogP contribution in [0.4, 0.5) is 14.5 Å². The van der Waals surface area contributed by atoms with Crippen molar-refractivity contribution in [1.29, 1.82) is 5.26 Å². The molecule has 0 aliphatic carbocycles. The number of carbonyl (C=O) groups is 1. The maximum Gasteiger partial charge on any atom is 0.315 e. The van der Waals surface area contributed by atoms with Crippen molar-refractivity contribution in [1.82, 2.24) is 0 Å². The molecule has 0 fully saturated rings. The first-order valence-electron chi connectivity index (χ1n) is 4.32. The van der Waals surface area contributed by atoms with Crippen molar-refractivity contribution < 1.29 is 18.3 Å². The van der Waals surface area contributed by atoms with E-state index in [-0.39, 0.29) is 12.3 Å². The van der Waals surface area contributed by atoms with E-state index < -0.39 is 12.3 Å². The first-order chi connectivity index (χ1) is 7.63. The summed E-state index contributed by atoms with van der Waals surface area (Å²) >= 11 is 0. The molecule has 0 saturated heterocycles.